The molecule has 0 saturated heterocycles. The maximum atomic E-state index is 12.1. The first-order chi connectivity index (χ1) is 11.5. The first-order valence-electron chi connectivity index (χ1n) is 7.82. The van der Waals surface area contributed by atoms with Crippen molar-refractivity contribution in [2.45, 2.75) is 20.3 Å². The Hall–Kier alpha value is -2.41. The largest absolute Gasteiger partial charge is 0.483 e. The molecule has 3 rings (SSSR count). The Labute approximate surface area is 144 Å². The fraction of sp³-hybridized carbons (Fsp3) is 0.353. The summed E-state index contributed by atoms with van der Waals surface area (Å²) in [4.78, 5) is 12.1. The third-order valence-corrected chi connectivity index (χ3v) is 4.40. The van der Waals surface area contributed by atoms with Gasteiger partial charge in [0.2, 0.25) is 5.13 Å². The topological polar surface area (TPSA) is 69.0 Å². The predicted octanol–water partition coefficient (Wildman–Crippen LogP) is 3.25. The molecule has 0 aliphatic rings. The van der Waals surface area contributed by atoms with Crippen molar-refractivity contribution in [3.63, 3.8) is 0 Å². The second-order valence-electron chi connectivity index (χ2n) is 6.05. The second kappa shape index (κ2) is 7.00. The fourth-order valence-corrected chi connectivity index (χ4v) is 3.40. The third-order valence-electron chi connectivity index (χ3n) is 3.54. The van der Waals surface area contributed by atoms with Gasteiger partial charge in [0.05, 0.1) is 5.52 Å². The second-order valence-corrected chi connectivity index (χ2v) is 7.11. The molecule has 0 fully saturated rings. The molecular formula is C17H20N4O2S. The molecule has 0 spiro atoms. The van der Waals surface area contributed by atoms with E-state index in [1.54, 1.807) is 0 Å². The Morgan fingerprint density at radius 1 is 1.33 bits per heavy atom. The van der Waals surface area contributed by atoms with Crippen molar-refractivity contribution in [1.29, 1.82) is 0 Å². The summed E-state index contributed by atoms with van der Waals surface area (Å²) in [6, 6.07) is 7.77. The lowest BCUT2D eigenvalue weighted by Crippen LogP contribution is -2.20. The molecule has 24 heavy (non-hydrogen) atoms. The Kier molecular flexibility index (Phi) is 4.80. The van der Waals surface area contributed by atoms with Gasteiger partial charge in [-0.05, 0) is 24.1 Å². The van der Waals surface area contributed by atoms with Gasteiger partial charge in [0.25, 0.3) is 5.91 Å². The highest BCUT2D eigenvalue weighted by atomic mass is 32.1. The highest BCUT2D eigenvalue weighted by molar-refractivity contribution is 7.15. The number of anilines is 1. The van der Waals surface area contributed by atoms with Gasteiger partial charge in [-0.3, -0.25) is 10.1 Å². The summed E-state index contributed by atoms with van der Waals surface area (Å²) in [5.41, 5.74) is 1.07. The van der Waals surface area contributed by atoms with E-state index < -0.39 is 0 Å². The molecule has 0 radical (unpaired) electrons. The van der Waals surface area contributed by atoms with E-state index in [-0.39, 0.29) is 12.5 Å². The van der Waals surface area contributed by atoms with E-state index in [0.717, 1.165) is 22.3 Å². The summed E-state index contributed by atoms with van der Waals surface area (Å²) in [7, 11) is 1.98. The van der Waals surface area contributed by atoms with Gasteiger partial charge in [-0.2, -0.15) is 0 Å². The van der Waals surface area contributed by atoms with Gasteiger partial charge in [-0.15, -0.1) is 10.2 Å². The molecule has 7 heteroatoms. The van der Waals surface area contributed by atoms with Crippen LogP contribution in [-0.4, -0.2) is 27.3 Å². The smallest absolute Gasteiger partial charge is 0.264 e. The summed E-state index contributed by atoms with van der Waals surface area (Å²) in [6.45, 7) is 4.18. The summed E-state index contributed by atoms with van der Waals surface area (Å²) in [5.74, 6) is 0.965. The van der Waals surface area contributed by atoms with Crippen LogP contribution in [0, 0.1) is 5.92 Å². The molecule has 2 heterocycles. The van der Waals surface area contributed by atoms with Crippen LogP contribution in [-0.2, 0) is 18.3 Å². The lowest BCUT2D eigenvalue weighted by Gasteiger charge is -2.07. The van der Waals surface area contributed by atoms with Gasteiger partial charge in [-0.25, -0.2) is 0 Å². The van der Waals surface area contributed by atoms with Gasteiger partial charge in [-0.1, -0.05) is 31.3 Å². The van der Waals surface area contributed by atoms with Crippen LogP contribution in [0.2, 0.25) is 0 Å². The van der Waals surface area contributed by atoms with Crippen molar-refractivity contribution in [2.75, 3.05) is 11.9 Å². The monoisotopic (exact) mass is 344 g/mol. The highest BCUT2D eigenvalue weighted by Gasteiger charge is 2.11. The summed E-state index contributed by atoms with van der Waals surface area (Å²) in [5, 5.41) is 13.2. The molecule has 1 aromatic carbocycles. The van der Waals surface area contributed by atoms with Crippen LogP contribution < -0.4 is 10.1 Å². The zero-order valence-corrected chi connectivity index (χ0v) is 14.8. The van der Waals surface area contributed by atoms with E-state index in [0.29, 0.717) is 16.8 Å². The summed E-state index contributed by atoms with van der Waals surface area (Å²) in [6.07, 6.45) is 2.83. The van der Waals surface area contributed by atoms with Crippen molar-refractivity contribution < 1.29 is 9.53 Å². The van der Waals surface area contributed by atoms with E-state index in [9.17, 15) is 4.79 Å². The lowest BCUT2D eigenvalue weighted by molar-refractivity contribution is -0.118. The van der Waals surface area contributed by atoms with Crippen LogP contribution in [0.4, 0.5) is 5.13 Å². The first kappa shape index (κ1) is 16.4. The summed E-state index contributed by atoms with van der Waals surface area (Å²) < 4.78 is 7.68. The maximum absolute atomic E-state index is 12.1. The minimum atomic E-state index is -0.241. The van der Waals surface area contributed by atoms with E-state index in [1.165, 1.54) is 11.3 Å². The van der Waals surface area contributed by atoms with Crippen molar-refractivity contribution in [1.82, 2.24) is 14.8 Å². The van der Waals surface area contributed by atoms with Crippen LogP contribution in [0.15, 0.2) is 30.5 Å². The van der Waals surface area contributed by atoms with Crippen LogP contribution in [0.25, 0.3) is 10.9 Å². The maximum Gasteiger partial charge on any atom is 0.264 e. The molecule has 0 unspecified atom stereocenters. The number of aromatic nitrogens is 3. The molecule has 0 saturated carbocycles. The number of amides is 1. The molecule has 1 amide bonds. The average Bonchev–Trinajstić information content (AvgIpc) is 3.12. The third kappa shape index (κ3) is 3.73. The quantitative estimate of drug-likeness (QED) is 0.745. The number of aryl methyl sites for hydroxylation is 1. The van der Waals surface area contributed by atoms with Gasteiger partial charge in [0.15, 0.2) is 6.61 Å². The highest BCUT2D eigenvalue weighted by Crippen LogP contribution is 2.26. The Morgan fingerprint density at radius 2 is 2.17 bits per heavy atom. The zero-order chi connectivity index (χ0) is 17.1. The normalized spacial score (nSPS) is 11.2. The van der Waals surface area contributed by atoms with Crippen LogP contribution in [0.5, 0.6) is 5.75 Å². The number of hydrogen-bond acceptors (Lipinski definition) is 5. The zero-order valence-electron chi connectivity index (χ0n) is 13.9. The summed E-state index contributed by atoms with van der Waals surface area (Å²) >= 11 is 1.40. The van der Waals surface area contributed by atoms with Crippen molar-refractivity contribution >= 4 is 33.3 Å². The average molecular weight is 344 g/mol. The standard InChI is InChI=1S/C17H20N4O2S/c1-11(2)9-16-19-20-17(24-16)18-15(22)10-23-14-6-4-5-13-12(14)7-8-21(13)3/h4-8,11H,9-10H2,1-3H3,(H,18,20,22). The molecule has 1 N–H and O–H groups in total. The molecule has 3 aromatic rings. The van der Waals surface area contributed by atoms with Crippen LogP contribution in [0.3, 0.4) is 0 Å². The Morgan fingerprint density at radius 3 is 2.96 bits per heavy atom. The lowest BCUT2D eigenvalue weighted by atomic mass is 10.1. The molecule has 0 bridgehead atoms. The number of fused-ring (bicyclic) bond motifs is 1. The van der Waals surface area contributed by atoms with Gasteiger partial charge in [0.1, 0.15) is 10.8 Å². The number of carbonyl (C=O) groups is 1. The van der Waals surface area contributed by atoms with Crippen molar-refractivity contribution in [2.24, 2.45) is 13.0 Å². The number of benzene rings is 1. The molecule has 126 valence electrons. The van der Waals surface area contributed by atoms with Gasteiger partial charge >= 0.3 is 0 Å². The molecule has 0 atom stereocenters. The van der Waals surface area contributed by atoms with E-state index >= 15 is 0 Å². The number of ether oxygens (including phenoxy) is 1. The van der Waals surface area contributed by atoms with Crippen LogP contribution >= 0.6 is 11.3 Å². The number of nitrogens with one attached hydrogen (secondary N) is 1. The van der Waals surface area contributed by atoms with E-state index in [4.69, 9.17) is 4.74 Å². The Bertz CT molecular complexity index is 853. The molecule has 0 aliphatic carbocycles. The van der Waals surface area contributed by atoms with Crippen molar-refractivity contribution in [3.05, 3.63) is 35.5 Å². The molecule has 6 nitrogen and oxygen atoms in total. The van der Waals surface area contributed by atoms with Gasteiger partial charge in [0, 0.05) is 25.1 Å². The number of rotatable bonds is 6. The Balaban J connectivity index is 1.60. The van der Waals surface area contributed by atoms with E-state index in [2.05, 4.69) is 29.4 Å². The minimum Gasteiger partial charge on any atom is -0.483 e. The van der Waals surface area contributed by atoms with Crippen molar-refractivity contribution in [3.8, 4) is 5.75 Å². The number of carbonyl (C=O) groups excluding carboxylic acids is 1. The molecular weight excluding hydrogens is 324 g/mol. The minimum absolute atomic E-state index is 0.0624. The molecule has 0 aliphatic heterocycles. The predicted molar refractivity (Wildman–Crippen MR) is 95.5 cm³/mol. The number of hydrogen-bond donors (Lipinski definition) is 1. The van der Waals surface area contributed by atoms with Crippen LogP contribution in [0.1, 0.15) is 18.9 Å². The van der Waals surface area contributed by atoms with E-state index in [1.807, 2.05) is 42.1 Å². The fourth-order valence-electron chi connectivity index (χ4n) is 2.43. The first-order valence-corrected chi connectivity index (χ1v) is 8.63. The SMILES string of the molecule is CC(C)Cc1nnc(NC(=O)COc2cccc3c2ccn3C)s1. The van der Waals surface area contributed by atoms with Gasteiger partial charge < -0.3 is 9.30 Å². The number of nitrogens with zero attached hydrogens (tertiary/aromatic N) is 3. The molecule has 2 aromatic heterocycles.